The van der Waals surface area contributed by atoms with Crippen LogP contribution in [0.3, 0.4) is 0 Å². The highest BCUT2D eigenvalue weighted by atomic mass is 32.1. The third-order valence-electron chi connectivity index (χ3n) is 1.53. The van der Waals surface area contributed by atoms with Gasteiger partial charge >= 0.3 is 5.97 Å². The SMILES string of the molecule is C=CCC(S)(CC=C)CC(=O)O. The zero-order valence-electron chi connectivity index (χ0n) is 6.99. The molecule has 0 saturated heterocycles. The van der Waals surface area contributed by atoms with E-state index in [-0.39, 0.29) is 6.42 Å². The molecule has 0 bridgehead atoms. The molecule has 0 fully saturated rings. The lowest BCUT2D eigenvalue weighted by Gasteiger charge is -2.23. The predicted octanol–water partition coefficient (Wildman–Crippen LogP) is 2.28. The van der Waals surface area contributed by atoms with Gasteiger partial charge in [-0.1, -0.05) is 12.2 Å². The minimum Gasteiger partial charge on any atom is -0.481 e. The summed E-state index contributed by atoms with van der Waals surface area (Å²) in [5, 5.41) is 8.58. The Morgan fingerprint density at radius 1 is 1.42 bits per heavy atom. The van der Waals surface area contributed by atoms with Crippen molar-refractivity contribution >= 4 is 18.6 Å². The molecular formula is C9H14O2S. The van der Waals surface area contributed by atoms with Crippen LogP contribution in [-0.2, 0) is 4.79 Å². The molecule has 0 aromatic carbocycles. The Labute approximate surface area is 78.4 Å². The lowest BCUT2D eigenvalue weighted by atomic mass is 9.96. The maximum absolute atomic E-state index is 10.4. The van der Waals surface area contributed by atoms with E-state index in [1.165, 1.54) is 0 Å². The highest BCUT2D eigenvalue weighted by Crippen LogP contribution is 2.28. The van der Waals surface area contributed by atoms with Crippen molar-refractivity contribution in [1.29, 1.82) is 0 Å². The lowest BCUT2D eigenvalue weighted by Crippen LogP contribution is -2.24. The van der Waals surface area contributed by atoms with Gasteiger partial charge in [0.05, 0.1) is 6.42 Å². The molecule has 68 valence electrons. The lowest BCUT2D eigenvalue weighted by molar-refractivity contribution is -0.137. The Morgan fingerprint density at radius 3 is 2.08 bits per heavy atom. The number of thiol groups is 1. The fourth-order valence-electron chi connectivity index (χ4n) is 1.05. The quantitative estimate of drug-likeness (QED) is 0.493. The molecule has 0 amide bonds. The highest BCUT2D eigenvalue weighted by molar-refractivity contribution is 7.81. The van der Waals surface area contributed by atoms with Crippen LogP contribution in [0.4, 0.5) is 0 Å². The number of aliphatic carboxylic acids is 1. The van der Waals surface area contributed by atoms with Crippen molar-refractivity contribution in [3.05, 3.63) is 25.3 Å². The molecule has 0 aliphatic heterocycles. The van der Waals surface area contributed by atoms with Crippen molar-refractivity contribution in [2.45, 2.75) is 24.0 Å². The Bertz CT molecular complexity index is 177. The van der Waals surface area contributed by atoms with Crippen LogP contribution >= 0.6 is 12.6 Å². The monoisotopic (exact) mass is 186 g/mol. The van der Waals surface area contributed by atoms with Crippen molar-refractivity contribution in [2.75, 3.05) is 0 Å². The summed E-state index contributed by atoms with van der Waals surface area (Å²) in [6.07, 6.45) is 4.55. The maximum atomic E-state index is 10.4. The largest absolute Gasteiger partial charge is 0.481 e. The van der Waals surface area contributed by atoms with E-state index in [1.54, 1.807) is 12.2 Å². The van der Waals surface area contributed by atoms with Crippen LogP contribution in [0.15, 0.2) is 25.3 Å². The van der Waals surface area contributed by atoms with Gasteiger partial charge in [0, 0.05) is 4.75 Å². The van der Waals surface area contributed by atoms with Gasteiger partial charge in [-0.3, -0.25) is 4.79 Å². The van der Waals surface area contributed by atoms with Crippen molar-refractivity contribution in [2.24, 2.45) is 0 Å². The number of rotatable bonds is 6. The molecule has 0 unspecified atom stereocenters. The van der Waals surface area contributed by atoms with Gasteiger partial charge in [-0.25, -0.2) is 0 Å². The number of carboxylic acid groups (broad SMARTS) is 1. The van der Waals surface area contributed by atoms with Gasteiger partial charge < -0.3 is 5.11 Å². The number of carboxylic acids is 1. The van der Waals surface area contributed by atoms with Crippen LogP contribution < -0.4 is 0 Å². The van der Waals surface area contributed by atoms with E-state index < -0.39 is 10.7 Å². The van der Waals surface area contributed by atoms with Crippen LogP contribution in [0.1, 0.15) is 19.3 Å². The molecule has 0 spiro atoms. The Balaban J connectivity index is 4.25. The van der Waals surface area contributed by atoms with Gasteiger partial charge in [0.25, 0.3) is 0 Å². The van der Waals surface area contributed by atoms with Gasteiger partial charge in [0.1, 0.15) is 0 Å². The van der Waals surface area contributed by atoms with E-state index in [2.05, 4.69) is 25.8 Å². The topological polar surface area (TPSA) is 37.3 Å². The van der Waals surface area contributed by atoms with Gasteiger partial charge in [-0.2, -0.15) is 12.6 Å². The molecule has 0 rings (SSSR count). The van der Waals surface area contributed by atoms with Gasteiger partial charge in [-0.05, 0) is 12.8 Å². The fraction of sp³-hybridized carbons (Fsp3) is 0.444. The fourth-order valence-corrected chi connectivity index (χ4v) is 1.44. The Morgan fingerprint density at radius 2 is 1.83 bits per heavy atom. The van der Waals surface area contributed by atoms with E-state index >= 15 is 0 Å². The first-order chi connectivity index (χ1) is 5.54. The average Bonchev–Trinajstić information content (AvgIpc) is 1.85. The van der Waals surface area contributed by atoms with Crippen LogP contribution in [0.25, 0.3) is 0 Å². The second-order valence-corrected chi connectivity index (χ2v) is 3.73. The second kappa shape index (κ2) is 5.04. The van der Waals surface area contributed by atoms with Crippen molar-refractivity contribution in [3.8, 4) is 0 Å². The molecule has 1 N–H and O–H groups in total. The van der Waals surface area contributed by atoms with E-state index in [1.807, 2.05) is 0 Å². The van der Waals surface area contributed by atoms with E-state index in [9.17, 15) is 4.79 Å². The molecular weight excluding hydrogens is 172 g/mol. The first-order valence-electron chi connectivity index (χ1n) is 3.70. The minimum atomic E-state index is -0.839. The number of carbonyl (C=O) groups is 1. The van der Waals surface area contributed by atoms with Crippen molar-refractivity contribution in [3.63, 3.8) is 0 Å². The van der Waals surface area contributed by atoms with E-state index in [0.717, 1.165) is 0 Å². The van der Waals surface area contributed by atoms with Crippen molar-refractivity contribution in [1.82, 2.24) is 0 Å². The molecule has 0 heterocycles. The zero-order valence-corrected chi connectivity index (χ0v) is 7.89. The first kappa shape index (κ1) is 11.3. The van der Waals surface area contributed by atoms with E-state index in [4.69, 9.17) is 5.11 Å². The van der Waals surface area contributed by atoms with Crippen LogP contribution in [-0.4, -0.2) is 15.8 Å². The summed E-state index contributed by atoms with van der Waals surface area (Å²) >= 11 is 4.29. The second-order valence-electron chi connectivity index (χ2n) is 2.78. The minimum absolute atomic E-state index is 0.0359. The summed E-state index contributed by atoms with van der Waals surface area (Å²) in [6, 6.07) is 0. The number of allylic oxidation sites excluding steroid dienone is 2. The molecule has 2 nitrogen and oxygen atoms in total. The molecule has 0 aliphatic rings. The van der Waals surface area contributed by atoms with E-state index in [0.29, 0.717) is 12.8 Å². The molecule has 12 heavy (non-hydrogen) atoms. The van der Waals surface area contributed by atoms with Crippen LogP contribution in [0, 0.1) is 0 Å². The third-order valence-corrected chi connectivity index (χ3v) is 2.05. The molecule has 0 radical (unpaired) electrons. The molecule has 0 aliphatic carbocycles. The molecule has 0 saturated carbocycles. The van der Waals surface area contributed by atoms with Gasteiger partial charge in [0.15, 0.2) is 0 Å². The highest BCUT2D eigenvalue weighted by Gasteiger charge is 2.25. The van der Waals surface area contributed by atoms with Crippen molar-refractivity contribution < 1.29 is 9.90 Å². The van der Waals surface area contributed by atoms with Gasteiger partial charge in [-0.15, -0.1) is 13.2 Å². The standard InChI is InChI=1S/C9H14O2S/c1-3-5-9(12,6-4-2)7-8(10)11/h3-4,12H,1-2,5-7H2,(H,10,11). The average molecular weight is 186 g/mol. The molecule has 0 aromatic heterocycles. The third kappa shape index (κ3) is 4.23. The summed E-state index contributed by atoms with van der Waals surface area (Å²) in [4.78, 5) is 10.4. The molecule has 0 atom stereocenters. The van der Waals surface area contributed by atoms with Crippen LogP contribution in [0.2, 0.25) is 0 Å². The Kier molecular flexibility index (Phi) is 4.74. The number of hydrogen-bond acceptors (Lipinski definition) is 2. The summed E-state index contributed by atoms with van der Waals surface area (Å²) in [6.45, 7) is 7.12. The van der Waals surface area contributed by atoms with Crippen LogP contribution in [0.5, 0.6) is 0 Å². The predicted molar refractivity (Wildman–Crippen MR) is 53.6 cm³/mol. The Hall–Kier alpha value is -0.700. The first-order valence-corrected chi connectivity index (χ1v) is 4.15. The summed E-state index contributed by atoms with van der Waals surface area (Å²) in [5.41, 5.74) is 0. The summed E-state index contributed by atoms with van der Waals surface area (Å²) in [7, 11) is 0. The summed E-state index contributed by atoms with van der Waals surface area (Å²) < 4.78 is -0.519. The zero-order chi connectivity index (χ0) is 9.61. The number of hydrogen-bond donors (Lipinski definition) is 2. The molecule has 0 aromatic rings. The maximum Gasteiger partial charge on any atom is 0.304 e. The molecule has 3 heteroatoms. The normalized spacial score (nSPS) is 10.8. The van der Waals surface area contributed by atoms with Gasteiger partial charge in [0.2, 0.25) is 0 Å². The summed E-state index contributed by atoms with van der Waals surface area (Å²) in [5.74, 6) is -0.839. The smallest absolute Gasteiger partial charge is 0.304 e.